The summed E-state index contributed by atoms with van der Waals surface area (Å²) in [7, 11) is 0. The molecule has 1 atom stereocenters. The molecule has 3 aromatic rings. The zero-order valence-corrected chi connectivity index (χ0v) is 18.6. The van der Waals surface area contributed by atoms with Crippen molar-refractivity contribution >= 4 is 11.6 Å². The fraction of sp³-hybridized carbons (Fsp3) is 0.261. The lowest BCUT2D eigenvalue weighted by Gasteiger charge is -2.16. The highest BCUT2D eigenvalue weighted by molar-refractivity contribution is 6.30. The number of hydrogen-bond donors (Lipinski definition) is 1. The maximum absolute atomic E-state index is 13.8. The van der Waals surface area contributed by atoms with Crippen LogP contribution >= 0.6 is 11.6 Å². The minimum Gasteiger partial charge on any atom is -0.402 e. The van der Waals surface area contributed by atoms with Crippen LogP contribution in [0.1, 0.15) is 47.3 Å². The lowest BCUT2D eigenvalue weighted by Crippen LogP contribution is -2.11. The number of rotatable bonds is 4. The topological polar surface area (TPSA) is 77.8 Å². The quantitative estimate of drug-likeness (QED) is 0.342. The predicted molar refractivity (Wildman–Crippen MR) is 118 cm³/mol. The number of aromatic nitrogens is 3. The van der Waals surface area contributed by atoms with Crippen molar-refractivity contribution in [2.75, 3.05) is 0 Å². The lowest BCUT2D eigenvalue weighted by atomic mass is 9.92. The summed E-state index contributed by atoms with van der Waals surface area (Å²) in [6, 6.07) is 5.29. The van der Waals surface area contributed by atoms with Crippen LogP contribution in [-0.2, 0) is 6.18 Å². The first-order valence-electron chi connectivity index (χ1n) is 9.78. The highest BCUT2D eigenvalue weighted by Crippen LogP contribution is 2.35. The minimum atomic E-state index is -4.69. The first-order chi connectivity index (χ1) is 15.5. The van der Waals surface area contributed by atoms with Gasteiger partial charge in [-0.3, -0.25) is 4.98 Å². The summed E-state index contributed by atoms with van der Waals surface area (Å²) in [4.78, 5) is 8.16. The van der Waals surface area contributed by atoms with E-state index < -0.39 is 23.5 Å². The summed E-state index contributed by atoms with van der Waals surface area (Å²) >= 11 is 5.80. The Balaban J connectivity index is 0.000000411. The first kappa shape index (κ1) is 26.1. The molecule has 176 valence electrons. The molecule has 0 spiro atoms. The van der Waals surface area contributed by atoms with Crippen molar-refractivity contribution in [1.29, 1.82) is 0 Å². The molecule has 0 amide bonds. The van der Waals surface area contributed by atoms with Crippen molar-refractivity contribution in [1.82, 2.24) is 15.1 Å². The van der Waals surface area contributed by atoms with Gasteiger partial charge in [-0.2, -0.15) is 18.2 Å². The van der Waals surface area contributed by atoms with Crippen LogP contribution in [0, 0.1) is 18.7 Å². The number of pyridine rings is 1. The van der Waals surface area contributed by atoms with Gasteiger partial charge in [-0.25, -0.2) is 4.39 Å². The summed E-state index contributed by atoms with van der Waals surface area (Å²) in [5.41, 5.74) is 5.38. The van der Waals surface area contributed by atoms with Crippen LogP contribution in [0.4, 0.5) is 17.6 Å². The number of nitrogens with zero attached hydrogens (tertiary/aromatic N) is 3. The molecule has 2 N–H and O–H groups in total. The van der Waals surface area contributed by atoms with Gasteiger partial charge in [0.2, 0.25) is 5.89 Å². The van der Waals surface area contributed by atoms with Gasteiger partial charge >= 0.3 is 6.18 Å². The van der Waals surface area contributed by atoms with E-state index in [1.807, 2.05) is 0 Å². The maximum Gasteiger partial charge on any atom is 0.416 e. The van der Waals surface area contributed by atoms with Crippen LogP contribution in [0.3, 0.4) is 0 Å². The van der Waals surface area contributed by atoms with Gasteiger partial charge in [0.25, 0.3) is 0 Å². The highest BCUT2D eigenvalue weighted by Gasteiger charge is 2.33. The van der Waals surface area contributed by atoms with E-state index in [9.17, 15) is 17.6 Å². The average molecular weight is 483 g/mol. The normalized spacial score (nSPS) is 13.8. The molecule has 0 aliphatic heterocycles. The molecule has 1 aliphatic carbocycles. The van der Waals surface area contributed by atoms with E-state index in [4.69, 9.17) is 21.9 Å². The van der Waals surface area contributed by atoms with Crippen molar-refractivity contribution in [3.8, 4) is 0 Å². The standard InChI is InChI=1S/C16H10ClF4N3O.C5H9N.C2H4/c1-8-23-15(24-25-8)14(13-3-2-11(17)7-22-13)9-4-10(16(19,20)21)6-12(18)5-9;1-4(6)5-2-3-5;1-2/h2-7,14H,1H3;5H,1-3,6H2;1-2H2. The van der Waals surface area contributed by atoms with Gasteiger partial charge in [0.05, 0.1) is 22.2 Å². The van der Waals surface area contributed by atoms with Crippen molar-refractivity contribution in [2.45, 2.75) is 31.9 Å². The number of aryl methyl sites for hydroxylation is 1. The van der Waals surface area contributed by atoms with Crippen LogP contribution in [0.25, 0.3) is 0 Å². The Labute approximate surface area is 194 Å². The number of alkyl halides is 3. The van der Waals surface area contributed by atoms with Gasteiger partial charge in [-0.1, -0.05) is 23.3 Å². The number of benzene rings is 1. The third-order valence-corrected chi connectivity index (χ3v) is 4.75. The van der Waals surface area contributed by atoms with Crippen molar-refractivity contribution in [2.24, 2.45) is 11.7 Å². The Morgan fingerprint density at radius 1 is 1.21 bits per heavy atom. The van der Waals surface area contributed by atoms with Crippen LogP contribution in [0.15, 0.2) is 66.5 Å². The smallest absolute Gasteiger partial charge is 0.402 e. The van der Waals surface area contributed by atoms with E-state index in [0.717, 1.165) is 17.8 Å². The number of halogens is 5. The molecule has 1 aromatic carbocycles. The van der Waals surface area contributed by atoms with Gasteiger partial charge in [0.1, 0.15) is 5.82 Å². The van der Waals surface area contributed by atoms with Crippen molar-refractivity contribution in [3.05, 3.63) is 101 Å². The zero-order chi connectivity index (χ0) is 24.8. The highest BCUT2D eigenvalue weighted by atomic mass is 35.5. The Hall–Kier alpha value is -3.20. The van der Waals surface area contributed by atoms with Crippen LogP contribution < -0.4 is 5.73 Å². The second-order valence-corrected chi connectivity index (χ2v) is 7.56. The zero-order valence-electron chi connectivity index (χ0n) is 17.9. The second kappa shape index (κ2) is 11.1. The van der Waals surface area contributed by atoms with Crippen LogP contribution in [0.5, 0.6) is 0 Å². The Morgan fingerprint density at radius 3 is 2.30 bits per heavy atom. The van der Waals surface area contributed by atoms with E-state index in [1.54, 1.807) is 0 Å². The van der Waals surface area contributed by atoms with E-state index in [0.29, 0.717) is 22.7 Å². The molecule has 10 heteroatoms. The van der Waals surface area contributed by atoms with E-state index >= 15 is 0 Å². The fourth-order valence-corrected chi connectivity index (χ4v) is 2.95. The number of hydrogen-bond acceptors (Lipinski definition) is 5. The maximum atomic E-state index is 13.8. The summed E-state index contributed by atoms with van der Waals surface area (Å²) in [6.45, 7) is 11.1. The van der Waals surface area contributed by atoms with Crippen LogP contribution in [0.2, 0.25) is 5.02 Å². The number of allylic oxidation sites excluding steroid dienone is 1. The molecule has 1 unspecified atom stereocenters. The van der Waals surface area contributed by atoms with Crippen molar-refractivity contribution in [3.63, 3.8) is 0 Å². The molecule has 2 aromatic heterocycles. The molecule has 0 bridgehead atoms. The first-order valence-corrected chi connectivity index (χ1v) is 10.2. The summed E-state index contributed by atoms with van der Waals surface area (Å²) < 4.78 is 57.8. The third kappa shape index (κ3) is 7.42. The van der Waals surface area contributed by atoms with Gasteiger partial charge in [0.15, 0.2) is 5.82 Å². The Morgan fingerprint density at radius 2 is 1.88 bits per heavy atom. The van der Waals surface area contributed by atoms with E-state index in [-0.39, 0.29) is 17.3 Å². The Bertz CT molecular complexity index is 1080. The van der Waals surface area contributed by atoms with Crippen LogP contribution in [-0.4, -0.2) is 15.1 Å². The predicted octanol–water partition coefficient (Wildman–Crippen LogP) is 6.44. The molecule has 0 radical (unpaired) electrons. The molecule has 0 saturated heterocycles. The van der Waals surface area contributed by atoms with E-state index in [1.165, 1.54) is 38.1 Å². The van der Waals surface area contributed by atoms with Crippen molar-refractivity contribution < 1.29 is 22.1 Å². The SMILES string of the molecule is C=C.C=C(N)C1CC1.Cc1nc(C(c2cc(F)cc(C(F)(F)F)c2)c2ccc(Cl)cn2)no1. The number of nitrogens with two attached hydrogens (primary N) is 1. The summed E-state index contributed by atoms with van der Waals surface area (Å²) in [6.07, 6.45) is -0.812. The lowest BCUT2D eigenvalue weighted by molar-refractivity contribution is -0.137. The van der Waals surface area contributed by atoms with Gasteiger partial charge in [0, 0.05) is 18.8 Å². The van der Waals surface area contributed by atoms with Gasteiger partial charge < -0.3 is 10.3 Å². The Kier molecular flexibility index (Phi) is 8.76. The minimum absolute atomic E-state index is 0.00273. The van der Waals surface area contributed by atoms with Gasteiger partial charge in [-0.15, -0.1) is 13.2 Å². The monoisotopic (exact) mass is 482 g/mol. The summed E-state index contributed by atoms with van der Waals surface area (Å²) in [5, 5.41) is 4.10. The average Bonchev–Trinajstić information content (AvgIpc) is 3.53. The fourth-order valence-electron chi connectivity index (χ4n) is 2.84. The molecule has 33 heavy (non-hydrogen) atoms. The molecule has 1 saturated carbocycles. The molecule has 4 rings (SSSR count). The second-order valence-electron chi connectivity index (χ2n) is 7.13. The molecule has 5 nitrogen and oxygen atoms in total. The molecule has 1 aliphatic rings. The van der Waals surface area contributed by atoms with Gasteiger partial charge in [-0.05, 0) is 54.7 Å². The van der Waals surface area contributed by atoms with E-state index in [2.05, 4.69) is 34.9 Å². The molecule has 1 fully saturated rings. The molecule has 2 heterocycles. The third-order valence-electron chi connectivity index (χ3n) is 4.53. The molecular weight excluding hydrogens is 460 g/mol. The largest absolute Gasteiger partial charge is 0.416 e. The summed E-state index contributed by atoms with van der Waals surface area (Å²) in [5.74, 6) is -0.979. The molecular formula is C23H23ClF4N4O.